The van der Waals surface area contributed by atoms with Gasteiger partial charge in [-0.3, -0.25) is 0 Å². The van der Waals surface area contributed by atoms with Crippen LogP contribution in [0.3, 0.4) is 0 Å². The van der Waals surface area contributed by atoms with E-state index < -0.39 is 27.7 Å². The second-order valence-electron chi connectivity index (χ2n) is 6.53. The Labute approximate surface area is 156 Å². The average molecular weight is 399 g/mol. The Kier molecular flexibility index (Phi) is 5.76. The van der Waals surface area contributed by atoms with Gasteiger partial charge in [0.05, 0.1) is 16.2 Å². The van der Waals surface area contributed by atoms with E-state index in [0.29, 0.717) is 6.54 Å². The fraction of sp³-hybridized carbons (Fsp3) is 0.368. The number of halogens is 3. The van der Waals surface area contributed by atoms with Gasteiger partial charge in [-0.05, 0) is 49.4 Å². The zero-order valence-corrected chi connectivity index (χ0v) is 15.3. The van der Waals surface area contributed by atoms with E-state index in [1.54, 1.807) is 18.2 Å². The van der Waals surface area contributed by atoms with Gasteiger partial charge in [0.15, 0.2) is 9.84 Å². The minimum Gasteiger partial charge on any atom is -0.489 e. The van der Waals surface area contributed by atoms with Crippen molar-refractivity contribution in [3.05, 3.63) is 60.2 Å². The summed E-state index contributed by atoms with van der Waals surface area (Å²) in [7, 11) is -3.58. The van der Waals surface area contributed by atoms with Crippen LogP contribution >= 0.6 is 0 Å². The number of rotatable bonds is 6. The molecule has 0 amide bonds. The van der Waals surface area contributed by atoms with Crippen LogP contribution in [0.5, 0.6) is 5.75 Å². The topological polar surface area (TPSA) is 55.4 Å². The lowest BCUT2D eigenvalue weighted by atomic mass is 10.0. The van der Waals surface area contributed by atoms with Crippen LogP contribution in [-0.2, 0) is 16.0 Å². The summed E-state index contributed by atoms with van der Waals surface area (Å²) >= 11 is 0. The highest BCUT2D eigenvalue weighted by molar-refractivity contribution is 7.91. The Balaban J connectivity index is 1.80. The Morgan fingerprint density at radius 3 is 2.30 bits per heavy atom. The maximum atomic E-state index is 12.7. The molecule has 1 saturated heterocycles. The van der Waals surface area contributed by atoms with E-state index in [2.05, 4.69) is 5.32 Å². The number of nitrogens with one attached hydrogen (secondary N) is 1. The van der Waals surface area contributed by atoms with E-state index in [0.717, 1.165) is 25.1 Å². The SMILES string of the molecule is O=S(=O)(C[C@@H](Oc1ccc(C(F)(F)F)cc1)[C@H]1CCNC1)c1ccccc1. The van der Waals surface area contributed by atoms with Gasteiger partial charge in [-0.15, -0.1) is 0 Å². The minimum atomic E-state index is -4.43. The van der Waals surface area contributed by atoms with Crippen molar-refractivity contribution in [2.45, 2.75) is 23.6 Å². The molecule has 146 valence electrons. The van der Waals surface area contributed by atoms with Crippen molar-refractivity contribution in [3.63, 3.8) is 0 Å². The van der Waals surface area contributed by atoms with Crippen LogP contribution in [0.25, 0.3) is 0 Å². The van der Waals surface area contributed by atoms with Crippen molar-refractivity contribution in [3.8, 4) is 5.75 Å². The van der Waals surface area contributed by atoms with Crippen LogP contribution in [0.15, 0.2) is 59.5 Å². The van der Waals surface area contributed by atoms with E-state index in [1.165, 1.54) is 24.3 Å². The maximum absolute atomic E-state index is 12.7. The predicted molar refractivity (Wildman–Crippen MR) is 95.3 cm³/mol. The Morgan fingerprint density at radius 2 is 1.74 bits per heavy atom. The molecule has 1 aliphatic heterocycles. The summed E-state index contributed by atoms with van der Waals surface area (Å²) in [6.07, 6.45) is -4.33. The number of sulfone groups is 1. The molecule has 1 aliphatic rings. The summed E-state index contributed by atoms with van der Waals surface area (Å²) in [6.45, 7) is 1.36. The lowest BCUT2D eigenvalue weighted by Crippen LogP contribution is -2.35. The zero-order chi connectivity index (χ0) is 19.5. The van der Waals surface area contributed by atoms with Gasteiger partial charge in [0, 0.05) is 12.5 Å². The number of alkyl halides is 3. The van der Waals surface area contributed by atoms with Crippen LogP contribution in [0, 0.1) is 5.92 Å². The van der Waals surface area contributed by atoms with Gasteiger partial charge >= 0.3 is 6.18 Å². The van der Waals surface area contributed by atoms with Crippen LogP contribution < -0.4 is 10.1 Å². The van der Waals surface area contributed by atoms with E-state index in [4.69, 9.17) is 4.74 Å². The molecule has 0 aliphatic carbocycles. The summed E-state index contributed by atoms with van der Waals surface area (Å²) < 4.78 is 69.4. The van der Waals surface area contributed by atoms with E-state index in [-0.39, 0.29) is 22.3 Å². The monoisotopic (exact) mass is 399 g/mol. The van der Waals surface area contributed by atoms with Crippen molar-refractivity contribution in [1.82, 2.24) is 5.32 Å². The third-order valence-corrected chi connectivity index (χ3v) is 6.34. The van der Waals surface area contributed by atoms with Gasteiger partial charge < -0.3 is 10.1 Å². The highest BCUT2D eigenvalue weighted by Gasteiger charge is 2.33. The molecule has 8 heteroatoms. The van der Waals surface area contributed by atoms with Gasteiger partial charge in [0.25, 0.3) is 0 Å². The molecule has 0 aromatic heterocycles. The summed E-state index contributed by atoms with van der Waals surface area (Å²) in [5, 5.41) is 3.17. The van der Waals surface area contributed by atoms with Crippen LogP contribution in [0.1, 0.15) is 12.0 Å². The first-order valence-corrected chi connectivity index (χ1v) is 10.2. The standard InChI is InChI=1S/C19H20F3NO3S/c20-19(21,22)15-6-8-16(9-7-15)26-18(14-10-11-23-12-14)13-27(24,25)17-4-2-1-3-5-17/h1-9,14,18,23H,10-13H2/t14-,18+/m0/s1. The quantitative estimate of drug-likeness (QED) is 0.807. The highest BCUT2D eigenvalue weighted by Crippen LogP contribution is 2.31. The molecule has 1 fully saturated rings. The predicted octanol–water partition coefficient (Wildman–Crippen LogP) is 3.54. The zero-order valence-electron chi connectivity index (χ0n) is 14.4. The van der Waals surface area contributed by atoms with Crippen molar-refractivity contribution < 1.29 is 26.3 Å². The summed E-state index contributed by atoms with van der Waals surface area (Å²) in [6, 6.07) is 12.4. The van der Waals surface area contributed by atoms with Gasteiger partial charge in [-0.1, -0.05) is 18.2 Å². The fourth-order valence-corrected chi connectivity index (χ4v) is 4.64. The van der Waals surface area contributed by atoms with E-state index in [1.807, 2.05) is 0 Å². The number of hydrogen-bond donors (Lipinski definition) is 1. The average Bonchev–Trinajstić information content (AvgIpc) is 3.16. The summed E-state index contributed by atoms with van der Waals surface area (Å²) in [5.41, 5.74) is -0.772. The molecule has 0 spiro atoms. The fourth-order valence-electron chi connectivity index (χ4n) is 3.10. The Morgan fingerprint density at radius 1 is 1.07 bits per heavy atom. The smallest absolute Gasteiger partial charge is 0.416 e. The first-order chi connectivity index (χ1) is 12.8. The van der Waals surface area contributed by atoms with E-state index in [9.17, 15) is 21.6 Å². The molecular formula is C19H20F3NO3S. The molecule has 2 atom stereocenters. The van der Waals surface area contributed by atoms with Crippen molar-refractivity contribution in [2.75, 3.05) is 18.8 Å². The normalized spacial score (nSPS) is 19.0. The molecule has 4 nitrogen and oxygen atoms in total. The van der Waals surface area contributed by atoms with Gasteiger partial charge in [-0.2, -0.15) is 13.2 Å². The van der Waals surface area contributed by atoms with Crippen molar-refractivity contribution >= 4 is 9.84 Å². The number of ether oxygens (including phenoxy) is 1. The summed E-state index contributed by atoms with van der Waals surface area (Å²) in [4.78, 5) is 0.206. The first kappa shape index (κ1) is 19.7. The molecule has 1 heterocycles. The molecule has 0 radical (unpaired) electrons. The van der Waals surface area contributed by atoms with Crippen LogP contribution in [-0.4, -0.2) is 33.4 Å². The molecule has 0 saturated carbocycles. The molecule has 2 aromatic carbocycles. The second kappa shape index (κ2) is 7.90. The molecule has 27 heavy (non-hydrogen) atoms. The van der Waals surface area contributed by atoms with Gasteiger partial charge in [-0.25, -0.2) is 8.42 Å². The lowest BCUT2D eigenvalue weighted by Gasteiger charge is -2.24. The highest BCUT2D eigenvalue weighted by atomic mass is 32.2. The molecule has 2 aromatic rings. The summed E-state index contributed by atoms with van der Waals surface area (Å²) in [5.74, 6) is -0.0429. The lowest BCUT2D eigenvalue weighted by molar-refractivity contribution is -0.137. The van der Waals surface area contributed by atoms with E-state index >= 15 is 0 Å². The second-order valence-corrected chi connectivity index (χ2v) is 8.56. The Bertz CT molecular complexity index is 846. The third kappa shape index (κ3) is 5.01. The van der Waals surface area contributed by atoms with Crippen LogP contribution in [0.2, 0.25) is 0 Å². The Hall–Kier alpha value is -2.06. The van der Waals surface area contributed by atoms with Crippen LogP contribution in [0.4, 0.5) is 13.2 Å². The molecule has 0 unspecified atom stereocenters. The van der Waals surface area contributed by atoms with Gasteiger partial charge in [0.1, 0.15) is 11.9 Å². The van der Waals surface area contributed by atoms with Crippen molar-refractivity contribution in [2.24, 2.45) is 5.92 Å². The molecule has 3 rings (SSSR count). The van der Waals surface area contributed by atoms with Gasteiger partial charge in [0.2, 0.25) is 0 Å². The molecule has 0 bridgehead atoms. The molecule has 1 N–H and O–H groups in total. The third-order valence-electron chi connectivity index (χ3n) is 4.58. The van der Waals surface area contributed by atoms with Crippen molar-refractivity contribution in [1.29, 1.82) is 0 Å². The largest absolute Gasteiger partial charge is 0.489 e. The maximum Gasteiger partial charge on any atom is 0.416 e. The minimum absolute atomic E-state index is 0.0363. The molecular weight excluding hydrogens is 379 g/mol. The first-order valence-electron chi connectivity index (χ1n) is 8.58. The number of benzene rings is 2. The number of hydrogen-bond acceptors (Lipinski definition) is 4.